The summed E-state index contributed by atoms with van der Waals surface area (Å²) in [5.41, 5.74) is 0. The Morgan fingerprint density at radius 2 is 1.63 bits per heavy atom. The second-order valence-corrected chi connectivity index (χ2v) is 5.75. The van der Waals surface area contributed by atoms with E-state index in [1.807, 2.05) is 42.5 Å². The van der Waals surface area contributed by atoms with Crippen LogP contribution in [0.2, 0.25) is 5.02 Å². The molecule has 0 fully saturated rings. The van der Waals surface area contributed by atoms with Crippen LogP contribution >= 0.6 is 34.2 Å². The molecule has 0 saturated carbocycles. The molecule has 0 aliphatic heterocycles. The molecule has 0 aliphatic rings. The minimum Gasteiger partial charge on any atom is -0.456 e. The van der Waals surface area contributed by atoms with Crippen molar-refractivity contribution < 1.29 is 4.74 Å². The molecule has 3 rings (SSSR count). The van der Waals surface area contributed by atoms with Crippen LogP contribution < -0.4 is 4.74 Å². The zero-order chi connectivity index (χ0) is 13.2. The van der Waals surface area contributed by atoms with Crippen LogP contribution in [-0.4, -0.2) is 0 Å². The van der Waals surface area contributed by atoms with Crippen LogP contribution in [0.25, 0.3) is 10.8 Å². The Balaban J connectivity index is 2.08. The van der Waals surface area contributed by atoms with Gasteiger partial charge in [-0.25, -0.2) is 0 Å². The van der Waals surface area contributed by atoms with Crippen LogP contribution in [-0.2, 0) is 0 Å². The summed E-state index contributed by atoms with van der Waals surface area (Å²) in [5, 5.41) is 2.94. The maximum Gasteiger partial charge on any atom is 0.142 e. The van der Waals surface area contributed by atoms with Crippen molar-refractivity contribution in [2.45, 2.75) is 0 Å². The first-order valence-corrected chi connectivity index (χ1v) is 7.30. The van der Waals surface area contributed by atoms with Crippen molar-refractivity contribution in [2.24, 2.45) is 0 Å². The maximum atomic E-state index is 6.02. The van der Waals surface area contributed by atoms with Gasteiger partial charge < -0.3 is 4.74 Å². The van der Waals surface area contributed by atoms with Gasteiger partial charge in [0.2, 0.25) is 0 Å². The molecule has 94 valence electrons. The van der Waals surface area contributed by atoms with Gasteiger partial charge in [0.15, 0.2) is 0 Å². The molecule has 0 atom stereocenters. The molecule has 3 aromatic rings. The Hall–Kier alpha value is -1.26. The molecule has 3 heteroatoms. The van der Waals surface area contributed by atoms with Crippen molar-refractivity contribution in [1.82, 2.24) is 0 Å². The van der Waals surface area contributed by atoms with Gasteiger partial charge >= 0.3 is 0 Å². The van der Waals surface area contributed by atoms with E-state index >= 15 is 0 Å². The van der Waals surface area contributed by atoms with Crippen molar-refractivity contribution in [3.63, 3.8) is 0 Å². The molecule has 0 radical (unpaired) electrons. The Bertz CT molecular complexity index is 734. The fourth-order valence-corrected chi connectivity index (χ4v) is 2.57. The van der Waals surface area contributed by atoms with E-state index in [-0.39, 0.29) is 0 Å². The van der Waals surface area contributed by atoms with Gasteiger partial charge in [-0.2, -0.15) is 0 Å². The lowest BCUT2D eigenvalue weighted by molar-refractivity contribution is 0.485. The molecule has 0 bridgehead atoms. The van der Waals surface area contributed by atoms with E-state index in [1.54, 1.807) is 0 Å². The zero-order valence-corrected chi connectivity index (χ0v) is 12.9. The molecule has 3 aromatic carbocycles. The Kier molecular flexibility index (Phi) is 3.62. The fourth-order valence-electron chi connectivity index (χ4n) is 1.96. The van der Waals surface area contributed by atoms with E-state index in [2.05, 4.69) is 40.8 Å². The predicted octanol–water partition coefficient (Wildman–Crippen LogP) is 5.89. The number of halogens is 2. The van der Waals surface area contributed by atoms with Crippen molar-refractivity contribution >= 4 is 45.0 Å². The number of hydrogen-bond donors (Lipinski definition) is 0. The molecule has 0 amide bonds. The van der Waals surface area contributed by atoms with Crippen molar-refractivity contribution in [3.05, 3.63) is 69.3 Å². The van der Waals surface area contributed by atoms with E-state index < -0.39 is 0 Å². The summed E-state index contributed by atoms with van der Waals surface area (Å²) >= 11 is 8.26. The van der Waals surface area contributed by atoms with Gasteiger partial charge in [-0.1, -0.05) is 48.0 Å². The molecule has 0 spiro atoms. The molecule has 1 nitrogen and oxygen atoms in total. The second-order valence-electron chi connectivity index (χ2n) is 4.15. The molecule has 0 unspecified atom stereocenters. The summed E-state index contributed by atoms with van der Waals surface area (Å²) in [6.07, 6.45) is 0. The van der Waals surface area contributed by atoms with Gasteiger partial charge in [-0.05, 0) is 46.2 Å². The first-order valence-electron chi connectivity index (χ1n) is 5.85. The smallest absolute Gasteiger partial charge is 0.142 e. The minimum absolute atomic E-state index is 0.677. The van der Waals surface area contributed by atoms with Crippen LogP contribution in [0, 0.1) is 3.57 Å². The third-order valence-corrected chi connectivity index (χ3v) is 3.99. The summed E-state index contributed by atoms with van der Waals surface area (Å²) in [6.45, 7) is 0. The van der Waals surface area contributed by atoms with Crippen LogP contribution in [0.5, 0.6) is 11.5 Å². The summed E-state index contributed by atoms with van der Waals surface area (Å²) in [4.78, 5) is 0. The number of benzene rings is 3. The summed E-state index contributed by atoms with van der Waals surface area (Å²) < 4.78 is 7.05. The number of hydrogen-bond acceptors (Lipinski definition) is 1. The van der Waals surface area contributed by atoms with Crippen LogP contribution in [0.1, 0.15) is 0 Å². The van der Waals surface area contributed by atoms with Gasteiger partial charge in [0.25, 0.3) is 0 Å². The van der Waals surface area contributed by atoms with E-state index in [4.69, 9.17) is 16.3 Å². The van der Waals surface area contributed by atoms with Crippen LogP contribution in [0.4, 0.5) is 0 Å². The maximum absolute atomic E-state index is 6.02. The summed E-state index contributed by atoms with van der Waals surface area (Å²) in [5.74, 6) is 1.63. The lowest BCUT2D eigenvalue weighted by Gasteiger charge is -2.10. The monoisotopic (exact) mass is 380 g/mol. The first-order chi connectivity index (χ1) is 9.24. The van der Waals surface area contributed by atoms with Gasteiger partial charge in [0.1, 0.15) is 11.5 Å². The average Bonchev–Trinajstić information content (AvgIpc) is 2.43. The van der Waals surface area contributed by atoms with E-state index in [1.165, 1.54) is 0 Å². The highest BCUT2D eigenvalue weighted by Gasteiger charge is 2.06. The average molecular weight is 381 g/mol. The van der Waals surface area contributed by atoms with Crippen molar-refractivity contribution in [2.75, 3.05) is 0 Å². The van der Waals surface area contributed by atoms with Gasteiger partial charge in [0, 0.05) is 16.5 Å². The van der Waals surface area contributed by atoms with Crippen molar-refractivity contribution in [1.29, 1.82) is 0 Å². The highest BCUT2D eigenvalue weighted by molar-refractivity contribution is 14.1. The van der Waals surface area contributed by atoms with E-state index in [9.17, 15) is 0 Å². The van der Waals surface area contributed by atoms with E-state index in [0.29, 0.717) is 5.02 Å². The molecule has 0 aliphatic carbocycles. The zero-order valence-electron chi connectivity index (χ0n) is 9.94. The molecule has 0 N–H and O–H groups in total. The van der Waals surface area contributed by atoms with Gasteiger partial charge in [0.05, 0.1) is 3.57 Å². The minimum atomic E-state index is 0.677. The summed E-state index contributed by atoms with van der Waals surface area (Å²) in [7, 11) is 0. The lowest BCUT2D eigenvalue weighted by atomic mass is 10.1. The third kappa shape index (κ3) is 2.69. The molecule has 19 heavy (non-hydrogen) atoms. The lowest BCUT2D eigenvalue weighted by Crippen LogP contribution is -1.88. The highest BCUT2D eigenvalue weighted by atomic mass is 127. The van der Waals surface area contributed by atoms with E-state index in [0.717, 1.165) is 25.8 Å². The third-order valence-electron chi connectivity index (χ3n) is 2.86. The Morgan fingerprint density at radius 3 is 2.53 bits per heavy atom. The standard InChI is InChI=1S/C16H10ClIO/c17-12-8-9-14(18)16(10-12)19-15-7-3-5-11-4-1-2-6-13(11)15/h1-10H. The normalized spacial score (nSPS) is 10.6. The second kappa shape index (κ2) is 5.39. The molecular formula is C16H10ClIO. The molecular weight excluding hydrogens is 371 g/mol. The largest absolute Gasteiger partial charge is 0.456 e. The first kappa shape index (κ1) is 12.8. The molecule has 0 heterocycles. The quantitative estimate of drug-likeness (QED) is 0.504. The van der Waals surface area contributed by atoms with Gasteiger partial charge in [-0.3, -0.25) is 0 Å². The fraction of sp³-hybridized carbons (Fsp3) is 0. The van der Waals surface area contributed by atoms with Crippen LogP contribution in [0.3, 0.4) is 0 Å². The van der Waals surface area contributed by atoms with Gasteiger partial charge in [-0.15, -0.1) is 0 Å². The van der Waals surface area contributed by atoms with Crippen molar-refractivity contribution in [3.8, 4) is 11.5 Å². The number of rotatable bonds is 2. The number of fused-ring (bicyclic) bond motifs is 1. The van der Waals surface area contributed by atoms with Crippen LogP contribution in [0.15, 0.2) is 60.7 Å². The SMILES string of the molecule is Clc1ccc(I)c(Oc2cccc3ccccc23)c1. The molecule has 0 aromatic heterocycles. The highest BCUT2D eigenvalue weighted by Crippen LogP contribution is 2.33. The Morgan fingerprint density at radius 1 is 0.842 bits per heavy atom. The molecule has 0 saturated heterocycles. The topological polar surface area (TPSA) is 9.23 Å². The summed E-state index contributed by atoms with van der Waals surface area (Å²) in [6, 6.07) is 19.9. The predicted molar refractivity (Wildman–Crippen MR) is 88.2 cm³/mol. The number of ether oxygens (including phenoxy) is 1. The Labute approximate surface area is 130 Å².